The van der Waals surface area contributed by atoms with Crippen LogP contribution >= 0.6 is 0 Å². The second-order valence-corrected chi connectivity index (χ2v) is 6.24. The van der Waals surface area contributed by atoms with Crippen molar-refractivity contribution in [3.63, 3.8) is 0 Å². The molecule has 0 bridgehead atoms. The zero-order chi connectivity index (χ0) is 13.6. The number of amides is 1. The van der Waals surface area contributed by atoms with Gasteiger partial charge in [0.2, 0.25) is 15.9 Å². The number of hydrogen-bond donors (Lipinski definition) is 1. The molecular formula is C10H23N3O3S. The summed E-state index contributed by atoms with van der Waals surface area (Å²) >= 11 is 0. The standard InChI is InChI=1S/C10H23N3O3S/c1-5-9(7-11)17(15,16)13(6-2)8-10(14)12(3)4/h9H,5-8,11H2,1-4H3. The highest BCUT2D eigenvalue weighted by atomic mass is 32.2. The van der Waals surface area contributed by atoms with Gasteiger partial charge < -0.3 is 10.6 Å². The van der Waals surface area contributed by atoms with E-state index >= 15 is 0 Å². The molecule has 0 aromatic carbocycles. The van der Waals surface area contributed by atoms with Crippen molar-refractivity contribution in [3.8, 4) is 0 Å². The van der Waals surface area contributed by atoms with Gasteiger partial charge in [-0.25, -0.2) is 8.42 Å². The number of carbonyl (C=O) groups excluding carboxylic acids is 1. The Morgan fingerprint density at radius 2 is 1.82 bits per heavy atom. The first-order valence-corrected chi connectivity index (χ1v) is 7.20. The number of nitrogens with two attached hydrogens (primary N) is 1. The second kappa shape index (κ2) is 6.93. The van der Waals surface area contributed by atoms with Gasteiger partial charge in [0, 0.05) is 27.2 Å². The lowest BCUT2D eigenvalue weighted by molar-refractivity contribution is -0.128. The van der Waals surface area contributed by atoms with Crippen molar-refractivity contribution in [2.24, 2.45) is 5.73 Å². The molecule has 0 fully saturated rings. The summed E-state index contributed by atoms with van der Waals surface area (Å²) in [6.07, 6.45) is 0.450. The minimum absolute atomic E-state index is 0.0749. The molecule has 0 saturated heterocycles. The van der Waals surface area contributed by atoms with Gasteiger partial charge in [0.1, 0.15) is 0 Å². The van der Waals surface area contributed by atoms with Crippen LogP contribution in [0.1, 0.15) is 20.3 Å². The highest BCUT2D eigenvalue weighted by molar-refractivity contribution is 7.89. The fourth-order valence-corrected chi connectivity index (χ4v) is 3.12. The summed E-state index contributed by atoms with van der Waals surface area (Å²) in [7, 11) is -0.281. The highest BCUT2D eigenvalue weighted by Gasteiger charge is 2.30. The van der Waals surface area contributed by atoms with Gasteiger partial charge in [0.25, 0.3) is 0 Å². The number of likely N-dealkylation sites (N-methyl/N-ethyl adjacent to an activating group) is 2. The maximum atomic E-state index is 12.2. The van der Waals surface area contributed by atoms with Gasteiger partial charge in [-0.3, -0.25) is 4.79 Å². The average Bonchev–Trinajstić information content (AvgIpc) is 2.26. The van der Waals surface area contributed by atoms with Crippen molar-refractivity contribution in [1.29, 1.82) is 0 Å². The topological polar surface area (TPSA) is 83.7 Å². The Bertz CT molecular complexity index is 337. The summed E-state index contributed by atoms with van der Waals surface area (Å²) in [5.74, 6) is -0.234. The van der Waals surface area contributed by atoms with Gasteiger partial charge in [0.15, 0.2) is 0 Å². The van der Waals surface area contributed by atoms with Crippen LogP contribution in [0.15, 0.2) is 0 Å². The lowest BCUT2D eigenvalue weighted by Crippen LogP contribution is -2.46. The number of rotatable bonds is 7. The number of nitrogens with zero attached hydrogens (tertiary/aromatic N) is 2. The van der Waals surface area contributed by atoms with Gasteiger partial charge in [0.05, 0.1) is 11.8 Å². The fraction of sp³-hybridized carbons (Fsp3) is 0.900. The maximum Gasteiger partial charge on any atom is 0.237 e. The van der Waals surface area contributed by atoms with Crippen molar-refractivity contribution in [2.75, 3.05) is 33.7 Å². The fourth-order valence-electron chi connectivity index (χ4n) is 1.38. The molecular weight excluding hydrogens is 242 g/mol. The zero-order valence-electron chi connectivity index (χ0n) is 11.0. The maximum absolute atomic E-state index is 12.2. The van der Waals surface area contributed by atoms with Crippen LogP contribution in [0.2, 0.25) is 0 Å². The molecule has 6 nitrogen and oxygen atoms in total. The largest absolute Gasteiger partial charge is 0.348 e. The Morgan fingerprint density at radius 1 is 1.29 bits per heavy atom. The first-order chi connectivity index (χ1) is 7.81. The van der Waals surface area contributed by atoms with Gasteiger partial charge in [-0.2, -0.15) is 4.31 Å². The second-order valence-electron chi connectivity index (χ2n) is 4.03. The van der Waals surface area contributed by atoms with E-state index in [4.69, 9.17) is 5.73 Å². The molecule has 0 aliphatic rings. The summed E-state index contributed by atoms with van der Waals surface area (Å²) < 4.78 is 25.5. The van der Waals surface area contributed by atoms with Crippen molar-refractivity contribution in [1.82, 2.24) is 9.21 Å². The number of carbonyl (C=O) groups is 1. The minimum atomic E-state index is -3.48. The smallest absolute Gasteiger partial charge is 0.237 e. The first kappa shape index (κ1) is 16.3. The Labute approximate surface area is 104 Å². The third kappa shape index (κ3) is 4.25. The molecule has 0 aliphatic heterocycles. The van der Waals surface area contributed by atoms with E-state index in [0.717, 1.165) is 0 Å². The van der Waals surface area contributed by atoms with E-state index in [0.29, 0.717) is 6.42 Å². The molecule has 1 unspecified atom stereocenters. The van der Waals surface area contributed by atoms with Gasteiger partial charge in [-0.15, -0.1) is 0 Å². The first-order valence-electron chi connectivity index (χ1n) is 5.70. The van der Waals surface area contributed by atoms with Crippen molar-refractivity contribution in [3.05, 3.63) is 0 Å². The molecule has 0 saturated carbocycles. The Balaban J connectivity index is 4.93. The van der Waals surface area contributed by atoms with E-state index in [2.05, 4.69) is 0 Å². The van der Waals surface area contributed by atoms with Crippen LogP contribution in [0.3, 0.4) is 0 Å². The van der Waals surface area contributed by atoms with E-state index in [1.807, 2.05) is 0 Å². The quantitative estimate of drug-likeness (QED) is 0.670. The van der Waals surface area contributed by atoms with Crippen molar-refractivity contribution in [2.45, 2.75) is 25.5 Å². The molecule has 7 heteroatoms. The van der Waals surface area contributed by atoms with Crippen LogP contribution < -0.4 is 5.73 Å². The third-order valence-corrected chi connectivity index (χ3v) is 5.14. The summed E-state index contributed by atoms with van der Waals surface area (Å²) in [4.78, 5) is 12.9. The molecule has 0 aliphatic carbocycles. The van der Waals surface area contributed by atoms with E-state index < -0.39 is 15.3 Å². The van der Waals surface area contributed by atoms with E-state index in [9.17, 15) is 13.2 Å². The van der Waals surface area contributed by atoms with Crippen LogP contribution in [0, 0.1) is 0 Å². The molecule has 0 radical (unpaired) electrons. The summed E-state index contributed by atoms with van der Waals surface area (Å²) in [6.45, 7) is 3.71. The van der Waals surface area contributed by atoms with Crippen LogP contribution in [-0.4, -0.2) is 62.5 Å². The number of hydrogen-bond acceptors (Lipinski definition) is 4. The molecule has 17 heavy (non-hydrogen) atoms. The van der Waals surface area contributed by atoms with E-state index in [1.165, 1.54) is 9.21 Å². The third-order valence-electron chi connectivity index (χ3n) is 2.66. The molecule has 102 valence electrons. The molecule has 0 heterocycles. The molecule has 0 rings (SSSR count). The van der Waals surface area contributed by atoms with Crippen molar-refractivity contribution < 1.29 is 13.2 Å². The molecule has 0 aromatic rings. The molecule has 2 N–H and O–H groups in total. The lowest BCUT2D eigenvalue weighted by Gasteiger charge is -2.25. The van der Waals surface area contributed by atoms with E-state index in [1.54, 1.807) is 27.9 Å². The Hall–Kier alpha value is -0.660. The van der Waals surface area contributed by atoms with E-state index in [-0.39, 0.29) is 25.5 Å². The van der Waals surface area contributed by atoms with Gasteiger partial charge in [-0.05, 0) is 6.42 Å². The Kier molecular flexibility index (Phi) is 6.66. The zero-order valence-corrected chi connectivity index (χ0v) is 11.8. The molecule has 1 atom stereocenters. The summed E-state index contributed by atoms with van der Waals surface area (Å²) in [5.41, 5.74) is 5.45. The average molecular weight is 265 g/mol. The lowest BCUT2D eigenvalue weighted by atomic mass is 10.3. The summed E-state index contributed by atoms with van der Waals surface area (Å²) in [6, 6.07) is 0. The number of sulfonamides is 1. The van der Waals surface area contributed by atoms with Crippen LogP contribution in [0.5, 0.6) is 0 Å². The molecule has 0 aromatic heterocycles. The predicted molar refractivity (Wildman–Crippen MR) is 68.0 cm³/mol. The van der Waals surface area contributed by atoms with Crippen molar-refractivity contribution >= 4 is 15.9 Å². The van der Waals surface area contributed by atoms with Crippen LogP contribution in [0.4, 0.5) is 0 Å². The monoisotopic (exact) mass is 265 g/mol. The highest BCUT2D eigenvalue weighted by Crippen LogP contribution is 2.11. The predicted octanol–water partition coefficient (Wildman–Crippen LogP) is -0.536. The normalized spacial score (nSPS) is 13.8. The molecule has 1 amide bonds. The van der Waals surface area contributed by atoms with Crippen LogP contribution in [-0.2, 0) is 14.8 Å². The minimum Gasteiger partial charge on any atom is -0.348 e. The van der Waals surface area contributed by atoms with Gasteiger partial charge in [-0.1, -0.05) is 13.8 Å². The van der Waals surface area contributed by atoms with Gasteiger partial charge >= 0.3 is 0 Å². The Morgan fingerprint density at radius 3 is 2.12 bits per heavy atom. The SMILES string of the molecule is CCC(CN)S(=O)(=O)N(CC)CC(=O)N(C)C. The molecule has 0 spiro atoms. The summed E-state index contributed by atoms with van der Waals surface area (Å²) in [5, 5.41) is -0.614. The van der Waals surface area contributed by atoms with Crippen LogP contribution in [0.25, 0.3) is 0 Å².